The number of ether oxygens (including phenoxy) is 1. The Bertz CT molecular complexity index is 1520. The van der Waals surface area contributed by atoms with Crippen LogP contribution in [0.1, 0.15) is 18.1 Å². The molecule has 1 atom stereocenters. The Morgan fingerprint density at radius 3 is 2.44 bits per heavy atom. The van der Waals surface area contributed by atoms with E-state index in [1.807, 2.05) is 115 Å². The van der Waals surface area contributed by atoms with Crippen molar-refractivity contribution in [3.63, 3.8) is 0 Å². The SMILES string of the molecule is Cc1ccc(-c2nn(-c3ccccc3)cc2/C=N\NC(=O)[C@@H](C)Oc2ccc3ccccc3c2)cc1. The molecule has 0 spiro atoms. The molecule has 4 aromatic carbocycles. The van der Waals surface area contributed by atoms with Crippen LogP contribution in [0.15, 0.2) is 108 Å². The van der Waals surface area contributed by atoms with E-state index >= 15 is 0 Å². The van der Waals surface area contributed by atoms with Crippen LogP contribution in [0.3, 0.4) is 0 Å². The molecule has 36 heavy (non-hydrogen) atoms. The number of rotatable bonds is 7. The van der Waals surface area contributed by atoms with E-state index in [9.17, 15) is 4.79 Å². The highest BCUT2D eigenvalue weighted by Crippen LogP contribution is 2.24. The van der Waals surface area contributed by atoms with Crippen LogP contribution in [0.2, 0.25) is 0 Å². The molecular formula is C30H26N4O2. The average Bonchev–Trinajstić information content (AvgIpc) is 3.33. The van der Waals surface area contributed by atoms with Crippen molar-refractivity contribution >= 4 is 22.9 Å². The minimum Gasteiger partial charge on any atom is -0.481 e. The lowest BCUT2D eigenvalue weighted by Gasteiger charge is -2.13. The maximum Gasteiger partial charge on any atom is 0.280 e. The molecule has 1 N–H and O–H groups in total. The van der Waals surface area contributed by atoms with Crippen molar-refractivity contribution in [2.24, 2.45) is 5.10 Å². The Kier molecular flexibility index (Phi) is 6.58. The molecule has 0 aliphatic carbocycles. The second kappa shape index (κ2) is 10.3. The topological polar surface area (TPSA) is 68.5 Å². The Hall–Kier alpha value is -4.71. The summed E-state index contributed by atoms with van der Waals surface area (Å²) in [6, 6.07) is 31.8. The Morgan fingerprint density at radius 1 is 0.944 bits per heavy atom. The predicted molar refractivity (Wildman–Crippen MR) is 144 cm³/mol. The van der Waals surface area contributed by atoms with Gasteiger partial charge in [-0.05, 0) is 48.9 Å². The van der Waals surface area contributed by atoms with Crippen molar-refractivity contribution in [3.05, 3.63) is 114 Å². The third-order valence-corrected chi connectivity index (χ3v) is 5.87. The molecule has 1 amide bonds. The van der Waals surface area contributed by atoms with Gasteiger partial charge < -0.3 is 4.74 Å². The standard InChI is InChI=1S/C30H26N4O2/c1-21-12-14-24(15-13-21)29-26(20-34(33-29)27-10-4-3-5-11-27)19-31-32-30(35)22(2)36-28-17-16-23-8-6-7-9-25(23)18-28/h3-20,22H,1-2H3,(H,32,35)/b31-19-/t22-/m1/s1. The van der Waals surface area contributed by atoms with Crippen molar-refractivity contribution in [2.45, 2.75) is 20.0 Å². The second-order valence-corrected chi connectivity index (χ2v) is 8.58. The third-order valence-electron chi connectivity index (χ3n) is 5.87. The number of hydrazone groups is 1. The average molecular weight is 475 g/mol. The first-order chi connectivity index (χ1) is 17.6. The number of amides is 1. The summed E-state index contributed by atoms with van der Waals surface area (Å²) in [5.41, 5.74) is 7.23. The summed E-state index contributed by atoms with van der Waals surface area (Å²) in [5, 5.41) is 11.2. The second-order valence-electron chi connectivity index (χ2n) is 8.58. The molecule has 0 saturated heterocycles. The number of para-hydroxylation sites is 1. The minimum absolute atomic E-state index is 0.341. The van der Waals surface area contributed by atoms with Crippen molar-refractivity contribution in [3.8, 4) is 22.7 Å². The van der Waals surface area contributed by atoms with Crippen LogP contribution >= 0.6 is 0 Å². The van der Waals surface area contributed by atoms with Crippen molar-refractivity contribution in [2.75, 3.05) is 0 Å². The lowest BCUT2D eigenvalue weighted by Crippen LogP contribution is -2.33. The van der Waals surface area contributed by atoms with E-state index in [1.165, 1.54) is 5.56 Å². The summed E-state index contributed by atoms with van der Waals surface area (Å²) in [4.78, 5) is 12.6. The highest BCUT2D eigenvalue weighted by molar-refractivity contribution is 5.90. The first kappa shape index (κ1) is 23.1. The molecule has 0 aliphatic heterocycles. The van der Waals surface area contributed by atoms with E-state index < -0.39 is 6.10 Å². The number of benzene rings is 4. The monoisotopic (exact) mass is 474 g/mol. The molecular weight excluding hydrogens is 448 g/mol. The van der Waals surface area contributed by atoms with Crippen LogP contribution in [-0.2, 0) is 4.79 Å². The van der Waals surface area contributed by atoms with E-state index in [4.69, 9.17) is 9.84 Å². The lowest BCUT2D eigenvalue weighted by atomic mass is 10.1. The fourth-order valence-corrected chi connectivity index (χ4v) is 3.89. The largest absolute Gasteiger partial charge is 0.481 e. The molecule has 0 unspecified atom stereocenters. The first-order valence-electron chi connectivity index (χ1n) is 11.8. The van der Waals surface area contributed by atoms with Crippen molar-refractivity contribution < 1.29 is 9.53 Å². The predicted octanol–water partition coefficient (Wildman–Crippen LogP) is 5.92. The zero-order chi connectivity index (χ0) is 24.9. The fraction of sp³-hybridized carbons (Fsp3) is 0.100. The van der Waals surface area contributed by atoms with Gasteiger partial charge in [-0.25, -0.2) is 10.1 Å². The summed E-state index contributed by atoms with van der Waals surface area (Å²) in [6.07, 6.45) is 2.80. The number of nitrogens with zero attached hydrogens (tertiary/aromatic N) is 3. The molecule has 1 heterocycles. The molecule has 0 bridgehead atoms. The van der Waals surface area contributed by atoms with Gasteiger partial charge >= 0.3 is 0 Å². The maximum atomic E-state index is 12.6. The first-order valence-corrected chi connectivity index (χ1v) is 11.8. The number of carbonyl (C=O) groups excluding carboxylic acids is 1. The van der Waals surface area contributed by atoms with Crippen LogP contribution in [0, 0.1) is 6.92 Å². The van der Waals surface area contributed by atoms with E-state index in [0.717, 1.165) is 33.3 Å². The van der Waals surface area contributed by atoms with Gasteiger partial charge in [0.1, 0.15) is 11.4 Å². The van der Waals surface area contributed by atoms with Gasteiger partial charge in [0, 0.05) is 17.3 Å². The Balaban J connectivity index is 1.32. The molecule has 6 heteroatoms. The van der Waals surface area contributed by atoms with E-state index in [2.05, 4.69) is 10.5 Å². The molecule has 0 fully saturated rings. The van der Waals surface area contributed by atoms with Gasteiger partial charge in [0.2, 0.25) is 0 Å². The summed E-state index contributed by atoms with van der Waals surface area (Å²) < 4.78 is 7.66. The molecule has 178 valence electrons. The van der Waals surface area contributed by atoms with Crippen LogP contribution in [-0.4, -0.2) is 28.0 Å². The molecule has 6 nitrogen and oxygen atoms in total. The van der Waals surface area contributed by atoms with Gasteiger partial charge in [-0.1, -0.05) is 78.4 Å². The van der Waals surface area contributed by atoms with Gasteiger partial charge in [-0.2, -0.15) is 10.2 Å². The number of hydrogen-bond acceptors (Lipinski definition) is 4. The van der Waals surface area contributed by atoms with Gasteiger partial charge in [-0.3, -0.25) is 4.79 Å². The fourth-order valence-electron chi connectivity index (χ4n) is 3.89. The molecule has 1 aromatic heterocycles. The normalized spacial score (nSPS) is 12.1. The van der Waals surface area contributed by atoms with E-state index in [0.29, 0.717) is 5.75 Å². The number of carbonyl (C=O) groups is 1. The Labute approximate surface area is 209 Å². The van der Waals surface area contributed by atoms with Crippen molar-refractivity contribution in [1.29, 1.82) is 0 Å². The molecule has 5 rings (SSSR count). The van der Waals surface area contributed by atoms with Gasteiger partial charge in [-0.15, -0.1) is 0 Å². The van der Waals surface area contributed by atoms with Gasteiger partial charge in [0.05, 0.1) is 11.9 Å². The third kappa shape index (κ3) is 5.18. The molecule has 0 aliphatic rings. The number of hydrogen-bond donors (Lipinski definition) is 1. The highest BCUT2D eigenvalue weighted by atomic mass is 16.5. The van der Waals surface area contributed by atoms with E-state index in [1.54, 1.807) is 13.1 Å². The zero-order valence-corrected chi connectivity index (χ0v) is 20.1. The number of aromatic nitrogens is 2. The number of aryl methyl sites for hydroxylation is 1. The minimum atomic E-state index is -0.716. The summed E-state index contributed by atoms with van der Waals surface area (Å²) in [7, 11) is 0. The Morgan fingerprint density at radius 2 is 1.67 bits per heavy atom. The smallest absolute Gasteiger partial charge is 0.280 e. The quantitative estimate of drug-likeness (QED) is 0.235. The number of nitrogens with one attached hydrogen (secondary N) is 1. The molecule has 5 aromatic rings. The number of fused-ring (bicyclic) bond motifs is 1. The van der Waals surface area contributed by atoms with Gasteiger partial charge in [0.25, 0.3) is 5.91 Å². The van der Waals surface area contributed by atoms with Crippen LogP contribution < -0.4 is 10.2 Å². The zero-order valence-electron chi connectivity index (χ0n) is 20.1. The van der Waals surface area contributed by atoms with Crippen molar-refractivity contribution in [1.82, 2.24) is 15.2 Å². The highest BCUT2D eigenvalue weighted by Gasteiger charge is 2.15. The summed E-state index contributed by atoms with van der Waals surface area (Å²) in [5.74, 6) is 0.290. The van der Waals surface area contributed by atoms with Crippen LogP contribution in [0.25, 0.3) is 27.7 Å². The molecule has 0 saturated carbocycles. The summed E-state index contributed by atoms with van der Waals surface area (Å²) in [6.45, 7) is 3.75. The maximum absolute atomic E-state index is 12.6. The van der Waals surface area contributed by atoms with Crippen LogP contribution in [0.4, 0.5) is 0 Å². The summed E-state index contributed by atoms with van der Waals surface area (Å²) >= 11 is 0. The van der Waals surface area contributed by atoms with Gasteiger partial charge in [0.15, 0.2) is 6.10 Å². The molecule has 0 radical (unpaired) electrons. The van der Waals surface area contributed by atoms with E-state index in [-0.39, 0.29) is 5.91 Å². The van der Waals surface area contributed by atoms with Crippen LogP contribution in [0.5, 0.6) is 5.75 Å². The lowest BCUT2D eigenvalue weighted by molar-refractivity contribution is -0.127.